The lowest BCUT2D eigenvalue weighted by atomic mass is 9.78. The Morgan fingerprint density at radius 2 is 1.85 bits per heavy atom. The van der Waals surface area contributed by atoms with E-state index in [1.54, 1.807) is 13.0 Å². The molecule has 11 heteroatoms. The molecular formula is C35H58N2O9. The van der Waals surface area contributed by atoms with Gasteiger partial charge in [0.25, 0.3) is 0 Å². The molecule has 4 aliphatic rings. The van der Waals surface area contributed by atoms with Gasteiger partial charge >= 0.3 is 11.9 Å². The van der Waals surface area contributed by atoms with Gasteiger partial charge in [-0.2, -0.15) is 0 Å². The SMILES string of the molecule is C=CC1CO[C@@]2(C)C[C@@H](C)CN[C@H](C)[C@H]3CC(=O)O[C@]3(C)[C@@H](CC)OC(=O)C(C)=C(O1)[C@H](C)[C@H]2OC1OC(C)CC(N(C)C)C1O. The predicted octanol–water partition coefficient (Wildman–Crippen LogP) is 3.73. The summed E-state index contributed by atoms with van der Waals surface area (Å²) in [6.45, 7) is 20.5. The van der Waals surface area contributed by atoms with E-state index in [0.29, 0.717) is 37.1 Å². The summed E-state index contributed by atoms with van der Waals surface area (Å²) in [4.78, 5) is 28.7. The molecule has 0 radical (unpaired) electrons. The fourth-order valence-electron chi connectivity index (χ4n) is 8.05. The van der Waals surface area contributed by atoms with Gasteiger partial charge < -0.3 is 43.7 Å². The van der Waals surface area contributed by atoms with Crippen LogP contribution < -0.4 is 5.32 Å². The number of esters is 2. The van der Waals surface area contributed by atoms with E-state index in [1.165, 1.54) is 0 Å². The Hall–Kier alpha value is -2.02. The van der Waals surface area contributed by atoms with Crippen LogP contribution in [0.15, 0.2) is 24.0 Å². The molecule has 4 aliphatic heterocycles. The Kier molecular flexibility index (Phi) is 11.7. The van der Waals surface area contributed by atoms with Gasteiger partial charge in [0.1, 0.15) is 24.1 Å². The maximum absolute atomic E-state index is 14.0. The monoisotopic (exact) mass is 650 g/mol. The molecule has 2 bridgehead atoms. The molecular weight excluding hydrogens is 592 g/mol. The summed E-state index contributed by atoms with van der Waals surface area (Å²) >= 11 is 0. The van der Waals surface area contributed by atoms with Gasteiger partial charge in [-0.1, -0.05) is 27.4 Å². The Bertz CT molecular complexity index is 1150. The van der Waals surface area contributed by atoms with Gasteiger partial charge in [-0.3, -0.25) is 4.79 Å². The summed E-state index contributed by atoms with van der Waals surface area (Å²) in [5.41, 5.74) is -1.59. The second kappa shape index (κ2) is 14.6. The minimum atomic E-state index is -1.00. The van der Waals surface area contributed by atoms with Crippen molar-refractivity contribution in [3.63, 3.8) is 0 Å². The molecule has 3 saturated heterocycles. The molecule has 4 rings (SSSR count). The van der Waals surface area contributed by atoms with Crippen molar-refractivity contribution in [2.75, 3.05) is 27.2 Å². The van der Waals surface area contributed by atoms with Crippen LogP contribution in [-0.4, -0.2) is 109 Å². The smallest absolute Gasteiger partial charge is 0.337 e. The van der Waals surface area contributed by atoms with Crippen LogP contribution in [-0.2, 0) is 38.0 Å². The molecule has 0 aromatic rings. The minimum absolute atomic E-state index is 0.0958. The fraction of sp³-hybridized carbons (Fsp3) is 0.829. The summed E-state index contributed by atoms with van der Waals surface area (Å²) in [7, 11) is 3.88. The number of rotatable bonds is 5. The zero-order valence-electron chi connectivity index (χ0n) is 29.5. The Morgan fingerprint density at radius 1 is 1.15 bits per heavy atom. The number of aliphatic hydroxyl groups is 1. The number of hydrogen-bond acceptors (Lipinski definition) is 11. The number of cyclic esters (lactones) is 1. The van der Waals surface area contributed by atoms with Crippen molar-refractivity contribution in [1.29, 1.82) is 0 Å². The number of nitrogens with zero attached hydrogens (tertiary/aromatic N) is 1. The van der Waals surface area contributed by atoms with Crippen molar-refractivity contribution in [3.8, 4) is 0 Å². The second-order valence-electron chi connectivity index (χ2n) is 14.7. The number of aliphatic hydroxyl groups excluding tert-OH is 1. The highest BCUT2D eigenvalue weighted by atomic mass is 16.7. The van der Waals surface area contributed by atoms with Crippen molar-refractivity contribution in [2.24, 2.45) is 17.8 Å². The van der Waals surface area contributed by atoms with Crippen molar-refractivity contribution >= 4 is 11.9 Å². The first-order valence-electron chi connectivity index (χ1n) is 17.0. The van der Waals surface area contributed by atoms with Gasteiger partial charge in [-0.25, -0.2) is 4.79 Å². The molecule has 4 heterocycles. The summed E-state index contributed by atoms with van der Waals surface area (Å²) in [6, 6.07) is -0.258. The van der Waals surface area contributed by atoms with Crippen molar-refractivity contribution in [1.82, 2.24) is 10.2 Å². The molecule has 46 heavy (non-hydrogen) atoms. The summed E-state index contributed by atoms with van der Waals surface area (Å²) in [5.74, 6) is -1.04. The molecule has 262 valence electrons. The van der Waals surface area contributed by atoms with Crippen molar-refractivity contribution < 1.29 is 43.1 Å². The zero-order chi connectivity index (χ0) is 34.1. The molecule has 3 fully saturated rings. The molecule has 0 aromatic heterocycles. The number of carbonyl (C=O) groups is 2. The first-order valence-corrected chi connectivity index (χ1v) is 17.0. The predicted molar refractivity (Wildman–Crippen MR) is 173 cm³/mol. The number of hydrogen-bond donors (Lipinski definition) is 2. The van der Waals surface area contributed by atoms with Crippen LogP contribution in [0.25, 0.3) is 0 Å². The highest BCUT2D eigenvalue weighted by Gasteiger charge is 2.55. The van der Waals surface area contributed by atoms with Crippen LogP contribution in [0.1, 0.15) is 81.1 Å². The third kappa shape index (κ3) is 7.50. The van der Waals surface area contributed by atoms with Gasteiger partial charge in [-0.05, 0) is 86.5 Å². The average molecular weight is 651 g/mol. The summed E-state index contributed by atoms with van der Waals surface area (Å²) < 4.78 is 38.4. The van der Waals surface area contributed by atoms with Crippen LogP contribution in [0.4, 0.5) is 0 Å². The molecule has 11 nitrogen and oxygen atoms in total. The molecule has 2 N–H and O–H groups in total. The molecule has 0 aromatic carbocycles. The van der Waals surface area contributed by atoms with Crippen LogP contribution in [0.2, 0.25) is 0 Å². The normalized spacial score (nSPS) is 44.7. The first kappa shape index (κ1) is 36.8. The third-order valence-electron chi connectivity index (χ3n) is 10.7. The van der Waals surface area contributed by atoms with Crippen LogP contribution in [0.3, 0.4) is 0 Å². The first-order chi connectivity index (χ1) is 21.5. The zero-order valence-corrected chi connectivity index (χ0v) is 29.5. The maximum atomic E-state index is 14.0. The molecule has 0 amide bonds. The van der Waals surface area contributed by atoms with E-state index in [1.807, 2.05) is 53.6 Å². The van der Waals surface area contributed by atoms with E-state index in [-0.39, 0.29) is 49.0 Å². The fourth-order valence-corrected chi connectivity index (χ4v) is 8.05. The molecule has 0 spiro atoms. The highest BCUT2D eigenvalue weighted by molar-refractivity contribution is 5.88. The van der Waals surface area contributed by atoms with E-state index < -0.39 is 53.8 Å². The number of nitrogens with one attached hydrogen (secondary N) is 1. The average Bonchev–Trinajstić information content (AvgIpc) is 3.31. The van der Waals surface area contributed by atoms with Crippen molar-refractivity contribution in [3.05, 3.63) is 24.0 Å². The topological polar surface area (TPSA) is 125 Å². The standard InChI is InChI=1S/C35H58N2O9/c1-12-24-18-41-34(8)16-19(3)17-36-23(7)25-15-28(38)46-35(25,9)27(13-2)44-32(40)22(6)30(43-24)21(5)31(34)45-33-29(39)26(37(10)11)14-20(4)42-33/h12,19-21,23-27,29,31,33,36,39H,1,13-18H2,2-11H3/t19-,20?,21+,23-,24?,25-,26?,27-,29?,31-,33?,34+,35+/m1/s1. The number of likely N-dealkylation sites (N-methyl/N-ethyl adjacent to an activating group) is 1. The van der Waals surface area contributed by atoms with Gasteiger partial charge in [0.2, 0.25) is 0 Å². The minimum Gasteiger partial charge on any atom is -0.487 e. The third-order valence-corrected chi connectivity index (χ3v) is 10.7. The van der Waals surface area contributed by atoms with Gasteiger partial charge in [-0.15, -0.1) is 0 Å². The largest absolute Gasteiger partial charge is 0.487 e. The van der Waals surface area contributed by atoms with E-state index in [9.17, 15) is 14.7 Å². The van der Waals surface area contributed by atoms with Crippen molar-refractivity contribution in [2.45, 2.75) is 141 Å². The second-order valence-corrected chi connectivity index (χ2v) is 14.7. The lowest BCUT2D eigenvalue weighted by molar-refractivity contribution is -0.303. The van der Waals surface area contributed by atoms with Crippen LogP contribution in [0.5, 0.6) is 0 Å². The molecule has 13 atom stereocenters. The van der Waals surface area contributed by atoms with Gasteiger partial charge in [0.15, 0.2) is 11.9 Å². The molecule has 0 saturated carbocycles. The number of fused-ring (bicyclic) bond motifs is 4. The lowest BCUT2D eigenvalue weighted by Gasteiger charge is -2.48. The lowest BCUT2D eigenvalue weighted by Crippen LogP contribution is -2.59. The summed E-state index contributed by atoms with van der Waals surface area (Å²) in [5, 5.41) is 15.1. The highest BCUT2D eigenvalue weighted by Crippen LogP contribution is 2.43. The van der Waals surface area contributed by atoms with Crippen LogP contribution in [0, 0.1) is 17.8 Å². The van der Waals surface area contributed by atoms with E-state index in [0.717, 1.165) is 0 Å². The molecule has 5 unspecified atom stereocenters. The summed E-state index contributed by atoms with van der Waals surface area (Å²) in [6.07, 6.45) is -0.227. The van der Waals surface area contributed by atoms with E-state index >= 15 is 0 Å². The Morgan fingerprint density at radius 3 is 2.48 bits per heavy atom. The number of carbonyl (C=O) groups excluding carboxylic acids is 2. The molecule has 0 aliphatic carbocycles. The Labute approximate surface area is 275 Å². The van der Waals surface area contributed by atoms with E-state index in [2.05, 4.69) is 25.7 Å². The van der Waals surface area contributed by atoms with Gasteiger partial charge in [0, 0.05) is 23.9 Å². The van der Waals surface area contributed by atoms with E-state index in [4.69, 9.17) is 28.4 Å². The Balaban J connectivity index is 1.82. The van der Waals surface area contributed by atoms with Crippen LogP contribution >= 0.6 is 0 Å². The quantitative estimate of drug-likeness (QED) is 0.334. The van der Waals surface area contributed by atoms with Gasteiger partial charge in [0.05, 0.1) is 36.4 Å². The number of ether oxygens (including phenoxy) is 6. The maximum Gasteiger partial charge on any atom is 0.337 e.